The number of benzene rings is 2. The van der Waals surface area contributed by atoms with Gasteiger partial charge in [-0.1, -0.05) is 26.8 Å². The van der Waals surface area contributed by atoms with E-state index < -0.39 is 17.7 Å². The van der Waals surface area contributed by atoms with Gasteiger partial charge < -0.3 is 33.9 Å². The van der Waals surface area contributed by atoms with Crippen LogP contribution < -0.4 is 18.9 Å². The van der Waals surface area contributed by atoms with Crippen molar-refractivity contribution in [3.8, 4) is 23.0 Å². The average Bonchev–Trinajstić information content (AvgIpc) is 3.21. The molecule has 210 valence electrons. The molecule has 1 amide bonds. The summed E-state index contributed by atoms with van der Waals surface area (Å²) < 4.78 is 23.0. The van der Waals surface area contributed by atoms with Crippen molar-refractivity contribution in [1.82, 2.24) is 9.80 Å². The molecule has 0 aliphatic carbocycles. The molecule has 39 heavy (non-hydrogen) atoms. The van der Waals surface area contributed by atoms with Crippen LogP contribution in [0.4, 0.5) is 0 Å². The molecule has 2 aromatic rings. The summed E-state index contributed by atoms with van der Waals surface area (Å²) in [6.45, 7) is 12.4. The van der Waals surface area contributed by atoms with E-state index in [9.17, 15) is 14.7 Å². The van der Waals surface area contributed by atoms with Gasteiger partial charge in [-0.2, -0.15) is 0 Å². The Balaban J connectivity index is 1.81. The van der Waals surface area contributed by atoms with Gasteiger partial charge in [0.2, 0.25) is 0 Å². The molecule has 0 spiro atoms. The molecule has 0 aromatic heterocycles. The van der Waals surface area contributed by atoms with Crippen molar-refractivity contribution in [3.05, 3.63) is 53.1 Å². The summed E-state index contributed by atoms with van der Waals surface area (Å²) in [5.74, 6) is 0.537. The molecule has 0 radical (unpaired) electrons. The van der Waals surface area contributed by atoms with Gasteiger partial charge >= 0.3 is 0 Å². The van der Waals surface area contributed by atoms with Gasteiger partial charge in [0, 0.05) is 18.7 Å². The molecule has 2 aliphatic rings. The second kappa shape index (κ2) is 12.9. The van der Waals surface area contributed by atoms with Crippen LogP contribution in [0, 0.1) is 0 Å². The van der Waals surface area contributed by atoms with E-state index in [1.54, 1.807) is 35.2 Å². The number of hydrogen-bond acceptors (Lipinski definition) is 8. The number of aliphatic hydroxyl groups excluding tert-OH is 1. The van der Waals surface area contributed by atoms with Gasteiger partial charge in [-0.3, -0.25) is 9.59 Å². The molecule has 0 saturated carbocycles. The number of carbonyl (C=O) groups excluding carboxylic acids is 2. The van der Waals surface area contributed by atoms with Crippen LogP contribution in [0.1, 0.15) is 51.3 Å². The fourth-order valence-corrected chi connectivity index (χ4v) is 4.89. The molecule has 9 heteroatoms. The number of carbonyl (C=O) groups is 2. The van der Waals surface area contributed by atoms with Gasteiger partial charge in [0.1, 0.15) is 19.0 Å². The molecule has 0 bridgehead atoms. The quantitative estimate of drug-likeness (QED) is 0.241. The van der Waals surface area contributed by atoms with Crippen LogP contribution in [0.25, 0.3) is 5.76 Å². The molecule has 2 aliphatic heterocycles. The minimum Gasteiger partial charge on any atom is -0.507 e. The largest absolute Gasteiger partial charge is 0.507 e. The Morgan fingerprint density at radius 3 is 2.41 bits per heavy atom. The molecule has 1 N–H and O–H groups in total. The van der Waals surface area contributed by atoms with Crippen molar-refractivity contribution in [2.45, 2.75) is 40.2 Å². The average molecular weight is 539 g/mol. The van der Waals surface area contributed by atoms with E-state index in [1.807, 2.05) is 19.9 Å². The third-order valence-corrected chi connectivity index (χ3v) is 6.95. The molecule has 1 fully saturated rings. The first kappa shape index (κ1) is 28.3. The van der Waals surface area contributed by atoms with Crippen molar-refractivity contribution in [3.63, 3.8) is 0 Å². The molecular formula is C30H38N2O7. The first-order valence-corrected chi connectivity index (χ1v) is 13.7. The van der Waals surface area contributed by atoms with E-state index in [0.29, 0.717) is 73.6 Å². The molecule has 9 nitrogen and oxygen atoms in total. The van der Waals surface area contributed by atoms with Crippen LogP contribution in [0.2, 0.25) is 0 Å². The van der Waals surface area contributed by atoms with E-state index >= 15 is 0 Å². The van der Waals surface area contributed by atoms with Crippen molar-refractivity contribution in [2.75, 3.05) is 52.6 Å². The number of ketones is 1. The number of rotatable bonds is 12. The SMILES string of the molecule is CCCOc1ccc(C2/C(=C(/O)c3ccc4c(c3)OCCO4)C(=O)C(=O)N2CCN(CC)CC)cc1OCC. The number of Topliss-reactive ketones (excluding diaryl/α,β-unsaturated/α-hetero) is 1. The summed E-state index contributed by atoms with van der Waals surface area (Å²) in [6.07, 6.45) is 0.842. The maximum atomic E-state index is 13.5. The normalized spacial score (nSPS) is 18.1. The summed E-state index contributed by atoms with van der Waals surface area (Å²) in [5, 5.41) is 11.5. The summed E-state index contributed by atoms with van der Waals surface area (Å²) in [5.41, 5.74) is 1.06. The molecule has 4 rings (SSSR count). The van der Waals surface area contributed by atoms with Crippen LogP contribution >= 0.6 is 0 Å². The highest BCUT2D eigenvalue weighted by Gasteiger charge is 2.46. The summed E-state index contributed by atoms with van der Waals surface area (Å²) in [6, 6.07) is 9.62. The molecule has 1 atom stereocenters. The van der Waals surface area contributed by atoms with Gasteiger partial charge in [0.25, 0.3) is 11.7 Å². The number of fused-ring (bicyclic) bond motifs is 1. The topological polar surface area (TPSA) is 97.8 Å². The Kier molecular flexibility index (Phi) is 9.35. The lowest BCUT2D eigenvalue weighted by Gasteiger charge is -2.28. The third kappa shape index (κ3) is 5.98. The minimum atomic E-state index is -0.798. The Hall–Kier alpha value is -3.72. The Morgan fingerprint density at radius 2 is 1.72 bits per heavy atom. The van der Waals surface area contributed by atoms with Crippen molar-refractivity contribution in [2.24, 2.45) is 0 Å². The first-order chi connectivity index (χ1) is 18.9. The number of aliphatic hydroxyl groups is 1. The number of hydrogen-bond donors (Lipinski definition) is 1. The lowest BCUT2D eigenvalue weighted by molar-refractivity contribution is -0.140. The van der Waals surface area contributed by atoms with E-state index in [0.717, 1.165) is 19.5 Å². The van der Waals surface area contributed by atoms with Crippen LogP contribution in [-0.4, -0.2) is 79.2 Å². The van der Waals surface area contributed by atoms with E-state index in [1.165, 1.54) is 0 Å². The zero-order valence-electron chi connectivity index (χ0n) is 23.2. The lowest BCUT2D eigenvalue weighted by atomic mass is 9.94. The monoisotopic (exact) mass is 538 g/mol. The van der Waals surface area contributed by atoms with E-state index in [-0.39, 0.29) is 11.3 Å². The molecule has 2 heterocycles. The van der Waals surface area contributed by atoms with Gasteiger partial charge in [0.15, 0.2) is 23.0 Å². The minimum absolute atomic E-state index is 0.0286. The van der Waals surface area contributed by atoms with Gasteiger partial charge in [0.05, 0.1) is 24.8 Å². The Labute approximate surface area is 229 Å². The Bertz CT molecular complexity index is 1220. The predicted molar refractivity (Wildman–Crippen MR) is 148 cm³/mol. The number of likely N-dealkylation sites (N-methyl/N-ethyl adjacent to an activating group) is 1. The Morgan fingerprint density at radius 1 is 0.974 bits per heavy atom. The molecule has 1 saturated heterocycles. The second-order valence-electron chi connectivity index (χ2n) is 9.37. The first-order valence-electron chi connectivity index (χ1n) is 13.7. The third-order valence-electron chi connectivity index (χ3n) is 6.95. The summed E-state index contributed by atoms with van der Waals surface area (Å²) >= 11 is 0. The number of likely N-dealkylation sites (tertiary alicyclic amines) is 1. The van der Waals surface area contributed by atoms with Crippen molar-refractivity contribution < 1.29 is 33.6 Å². The lowest BCUT2D eigenvalue weighted by Crippen LogP contribution is -2.38. The zero-order chi connectivity index (χ0) is 27.9. The van der Waals surface area contributed by atoms with Crippen LogP contribution in [-0.2, 0) is 9.59 Å². The fraction of sp³-hybridized carbons (Fsp3) is 0.467. The fourth-order valence-electron chi connectivity index (χ4n) is 4.89. The zero-order valence-corrected chi connectivity index (χ0v) is 23.2. The maximum absolute atomic E-state index is 13.5. The second-order valence-corrected chi connectivity index (χ2v) is 9.37. The highest BCUT2D eigenvalue weighted by atomic mass is 16.6. The number of ether oxygens (including phenoxy) is 4. The van der Waals surface area contributed by atoms with Gasteiger partial charge in [-0.05, 0) is 62.3 Å². The van der Waals surface area contributed by atoms with E-state index in [2.05, 4.69) is 18.7 Å². The molecule has 2 aromatic carbocycles. The van der Waals surface area contributed by atoms with Crippen LogP contribution in [0.3, 0.4) is 0 Å². The summed E-state index contributed by atoms with van der Waals surface area (Å²) in [7, 11) is 0. The van der Waals surface area contributed by atoms with E-state index in [4.69, 9.17) is 18.9 Å². The van der Waals surface area contributed by atoms with Crippen molar-refractivity contribution >= 4 is 17.4 Å². The summed E-state index contributed by atoms with van der Waals surface area (Å²) in [4.78, 5) is 30.6. The maximum Gasteiger partial charge on any atom is 0.295 e. The predicted octanol–water partition coefficient (Wildman–Crippen LogP) is 4.41. The standard InChI is InChI=1S/C30H38N2O7/c1-5-15-37-22-11-9-20(18-24(22)36-8-4)27-26(29(34)30(35)32(27)14-13-31(6-2)7-3)28(33)21-10-12-23-25(19-21)39-17-16-38-23/h9-12,18-19,27,33H,5-8,13-17H2,1-4H3/b28-26-. The van der Waals surface area contributed by atoms with Crippen LogP contribution in [0.15, 0.2) is 42.0 Å². The highest BCUT2D eigenvalue weighted by Crippen LogP contribution is 2.43. The van der Waals surface area contributed by atoms with Gasteiger partial charge in [-0.25, -0.2) is 0 Å². The molecular weight excluding hydrogens is 500 g/mol. The number of nitrogens with zero attached hydrogens (tertiary/aromatic N) is 2. The highest BCUT2D eigenvalue weighted by molar-refractivity contribution is 6.46. The smallest absolute Gasteiger partial charge is 0.295 e. The number of amides is 1. The van der Waals surface area contributed by atoms with Crippen LogP contribution in [0.5, 0.6) is 23.0 Å². The van der Waals surface area contributed by atoms with Gasteiger partial charge in [-0.15, -0.1) is 0 Å². The molecule has 1 unspecified atom stereocenters. The van der Waals surface area contributed by atoms with Crippen molar-refractivity contribution in [1.29, 1.82) is 0 Å².